The van der Waals surface area contributed by atoms with E-state index in [1.54, 1.807) is 17.5 Å². The molecule has 0 spiro atoms. The van der Waals surface area contributed by atoms with Gasteiger partial charge in [0.25, 0.3) is 0 Å². The molecular formula is C17H23N3O2S. The molecule has 3 rings (SSSR count). The smallest absolute Gasteiger partial charge is 0.222 e. The van der Waals surface area contributed by atoms with Crippen molar-refractivity contribution >= 4 is 17.2 Å². The zero-order chi connectivity index (χ0) is 16.1. The standard InChI is InChI=1S/C17H23N3O2S/c21-12-11-20-16(5-8-18-20)14-6-9-19(10-7-14)17(22)4-3-15-2-1-13-23-15/h1-2,5,8,13-14,21H,3-4,6-7,9-12H2. The van der Waals surface area contributed by atoms with Gasteiger partial charge in [-0.2, -0.15) is 5.10 Å². The number of hydrogen-bond donors (Lipinski definition) is 1. The highest BCUT2D eigenvalue weighted by Gasteiger charge is 2.25. The largest absolute Gasteiger partial charge is 0.394 e. The van der Waals surface area contributed by atoms with Gasteiger partial charge in [0.2, 0.25) is 5.91 Å². The van der Waals surface area contributed by atoms with Gasteiger partial charge >= 0.3 is 0 Å². The van der Waals surface area contributed by atoms with Gasteiger partial charge in [0.1, 0.15) is 0 Å². The Morgan fingerprint density at radius 2 is 2.17 bits per heavy atom. The second-order valence-electron chi connectivity index (χ2n) is 5.94. The summed E-state index contributed by atoms with van der Waals surface area (Å²) < 4.78 is 1.89. The molecule has 3 heterocycles. The van der Waals surface area contributed by atoms with Crippen molar-refractivity contribution in [2.24, 2.45) is 0 Å². The number of rotatable bonds is 6. The summed E-state index contributed by atoms with van der Waals surface area (Å²) in [6, 6.07) is 6.16. The van der Waals surface area contributed by atoms with Crippen LogP contribution in [0, 0.1) is 0 Å². The molecule has 0 saturated carbocycles. The molecule has 0 radical (unpaired) electrons. The number of thiophene rings is 1. The minimum atomic E-state index is 0.106. The summed E-state index contributed by atoms with van der Waals surface area (Å²) in [4.78, 5) is 15.6. The summed E-state index contributed by atoms with van der Waals surface area (Å²) >= 11 is 1.72. The molecule has 1 saturated heterocycles. The molecule has 1 N–H and O–H groups in total. The van der Waals surface area contributed by atoms with Gasteiger partial charge in [0.05, 0.1) is 13.2 Å². The first kappa shape index (κ1) is 16.2. The SMILES string of the molecule is O=C(CCc1cccs1)N1CCC(c2ccnn2CCO)CC1. The molecule has 1 aliphatic heterocycles. The Morgan fingerprint density at radius 3 is 2.87 bits per heavy atom. The van der Waals surface area contributed by atoms with E-state index in [0.717, 1.165) is 32.4 Å². The zero-order valence-corrected chi connectivity index (χ0v) is 14.0. The molecule has 0 aliphatic carbocycles. The second-order valence-corrected chi connectivity index (χ2v) is 6.97. The summed E-state index contributed by atoms with van der Waals surface area (Å²) in [7, 11) is 0. The van der Waals surface area contributed by atoms with E-state index >= 15 is 0 Å². The predicted octanol–water partition coefficient (Wildman–Crippen LogP) is 2.28. The van der Waals surface area contributed by atoms with Gasteiger partial charge < -0.3 is 10.0 Å². The topological polar surface area (TPSA) is 58.4 Å². The van der Waals surface area contributed by atoms with E-state index in [0.29, 0.717) is 18.9 Å². The summed E-state index contributed by atoms with van der Waals surface area (Å²) in [5, 5.41) is 15.4. The van der Waals surface area contributed by atoms with Gasteiger partial charge in [-0.15, -0.1) is 11.3 Å². The number of aliphatic hydroxyl groups excluding tert-OH is 1. The van der Waals surface area contributed by atoms with E-state index in [4.69, 9.17) is 5.11 Å². The van der Waals surface area contributed by atoms with Crippen molar-refractivity contribution in [1.82, 2.24) is 14.7 Å². The van der Waals surface area contributed by atoms with Crippen molar-refractivity contribution in [3.63, 3.8) is 0 Å². The number of aromatic nitrogens is 2. The fourth-order valence-electron chi connectivity index (χ4n) is 3.24. The molecular weight excluding hydrogens is 310 g/mol. The van der Waals surface area contributed by atoms with Crippen LogP contribution < -0.4 is 0 Å². The Hall–Kier alpha value is -1.66. The fourth-order valence-corrected chi connectivity index (χ4v) is 3.95. The predicted molar refractivity (Wildman–Crippen MR) is 90.5 cm³/mol. The molecule has 23 heavy (non-hydrogen) atoms. The summed E-state index contributed by atoms with van der Waals surface area (Å²) in [5.74, 6) is 0.700. The van der Waals surface area contributed by atoms with Crippen LogP contribution in [-0.2, 0) is 17.8 Å². The molecule has 0 atom stereocenters. The molecule has 2 aromatic heterocycles. The van der Waals surface area contributed by atoms with Crippen molar-refractivity contribution in [3.05, 3.63) is 40.3 Å². The summed E-state index contributed by atoms with van der Waals surface area (Å²) in [5.41, 5.74) is 1.18. The molecule has 0 aromatic carbocycles. The molecule has 124 valence electrons. The Kier molecular flexibility index (Phi) is 5.46. The number of carbonyl (C=O) groups is 1. The molecule has 1 fully saturated rings. The molecule has 5 nitrogen and oxygen atoms in total. The Bertz CT molecular complexity index is 616. The first-order valence-corrected chi connectivity index (χ1v) is 9.08. The van der Waals surface area contributed by atoms with Gasteiger partial charge in [0, 0.05) is 42.2 Å². The van der Waals surface area contributed by atoms with Gasteiger partial charge in [-0.25, -0.2) is 0 Å². The molecule has 0 bridgehead atoms. The minimum Gasteiger partial charge on any atom is -0.394 e. The summed E-state index contributed by atoms with van der Waals surface area (Å²) in [6.07, 6.45) is 5.20. The van der Waals surface area contributed by atoms with Crippen molar-refractivity contribution in [2.45, 2.75) is 38.1 Å². The number of aliphatic hydroxyl groups is 1. The molecule has 0 unspecified atom stereocenters. The Balaban J connectivity index is 1.49. The lowest BCUT2D eigenvalue weighted by molar-refractivity contribution is -0.132. The number of amides is 1. The van der Waals surface area contributed by atoms with Gasteiger partial charge in [0.15, 0.2) is 0 Å². The first-order valence-electron chi connectivity index (χ1n) is 8.20. The zero-order valence-electron chi connectivity index (χ0n) is 13.2. The van der Waals surface area contributed by atoms with Gasteiger partial charge in [-0.3, -0.25) is 9.48 Å². The molecule has 2 aromatic rings. The maximum absolute atomic E-state index is 12.3. The quantitative estimate of drug-likeness (QED) is 0.882. The number of carbonyl (C=O) groups excluding carboxylic acids is 1. The highest BCUT2D eigenvalue weighted by molar-refractivity contribution is 7.09. The summed E-state index contributed by atoms with van der Waals surface area (Å²) in [6.45, 7) is 2.29. The van der Waals surface area contributed by atoms with E-state index in [1.165, 1.54) is 10.6 Å². The normalized spacial score (nSPS) is 16.0. The fraction of sp³-hybridized carbons (Fsp3) is 0.529. The van der Waals surface area contributed by atoms with E-state index < -0.39 is 0 Å². The Labute approximate surface area is 140 Å². The van der Waals surface area contributed by atoms with E-state index in [2.05, 4.69) is 16.5 Å². The number of aryl methyl sites for hydroxylation is 1. The van der Waals surface area contributed by atoms with E-state index in [-0.39, 0.29) is 12.5 Å². The maximum atomic E-state index is 12.3. The monoisotopic (exact) mass is 333 g/mol. The Morgan fingerprint density at radius 1 is 1.35 bits per heavy atom. The number of piperidine rings is 1. The van der Waals surface area contributed by atoms with Gasteiger partial charge in [-0.1, -0.05) is 6.07 Å². The molecule has 6 heteroatoms. The van der Waals surface area contributed by atoms with Crippen LogP contribution in [-0.4, -0.2) is 45.4 Å². The van der Waals surface area contributed by atoms with Crippen LogP contribution >= 0.6 is 11.3 Å². The first-order chi connectivity index (χ1) is 11.3. The van der Waals surface area contributed by atoms with Crippen molar-refractivity contribution in [2.75, 3.05) is 19.7 Å². The van der Waals surface area contributed by atoms with Gasteiger partial charge in [-0.05, 0) is 36.8 Å². The van der Waals surface area contributed by atoms with Crippen LogP contribution in [0.1, 0.15) is 35.8 Å². The van der Waals surface area contributed by atoms with Crippen molar-refractivity contribution in [1.29, 1.82) is 0 Å². The van der Waals surface area contributed by atoms with Crippen LogP contribution in [0.4, 0.5) is 0 Å². The van der Waals surface area contributed by atoms with Crippen LogP contribution in [0.3, 0.4) is 0 Å². The highest BCUT2D eigenvalue weighted by atomic mass is 32.1. The molecule has 1 aliphatic rings. The maximum Gasteiger partial charge on any atom is 0.222 e. The van der Waals surface area contributed by atoms with Crippen LogP contribution in [0.25, 0.3) is 0 Å². The van der Waals surface area contributed by atoms with Crippen LogP contribution in [0.15, 0.2) is 29.8 Å². The third-order valence-corrected chi connectivity index (χ3v) is 5.43. The van der Waals surface area contributed by atoms with Crippen molar-refractivity contribution < 1.29 is 9.90 Å². The number of nitrogens with zero attached hydrogens (tertiary/aromatic N) is 3. The average Bonchev–Trinajstić information content (AvgIpc) is 3.25. The number of hydrogen-bond acceptors (Lipinski definition) is 4. The minimum absolute atomic E-state index is 0.106. The lowest BCUT2D eigenvalue weighted by atomic mass is 9.93. The van der Waals surface area contributed by atoms with Crippen LogP contribution in [0.2, 0.25) is 0 Å². The van der Waals surface area contributed by atoms with E-state index in [1.807, 2.05) is 21.7 Å². The lowest BCUT2D eigenvalue weighted by Gasteiger charge is -2.32. The third-order valence-electron chi connectivity index (χ3n) is 4.49. The van der Waals surface area contributed by atoms with Crippen LogP contribution in [0.5, 0.6) is 0 Å². The second kappa shape index (κ2) is 7.75. The molecule has 1 amide bonds. The number of likely N-dealkylation sites (tertiary alicyclic amines) is 1. The highest BCUT2D eigenvalue weighted by Crippen LogP contribution is 2.28. The van der Waals surface area contributed by atoms with E-state index in [9.17, 15) is 4.79 Å². The lowest BCUT2D eigenvalue weighted by Crippen LogP contribution is -2.38. The average molecular weight is 333 g/mol. The third kappa shape index (κ3) is 4.00. The van der Waals surface area contributed by atoms with Crippen molar-refractivity contribution in [3.8, 4) is 0 Å².